The SMILES string of the molecule is C=CC(=O)Oc1cc(OC(=O)/C=C/C)cc([S+](c2ccccc2)c2ccccc2)c1. The molecule has 0 radical (unpaired) electrons. The normalized spacial score (nSPS) is 10.7. The van der Waals surface area contributed by atoms with Crippen LogP contribution in [0.1, 0.15) is 6.92 Å². The molecule has 0 unspecified atom stereocenters. The number of esters is 2. The molecule has 4 nitrogen and oxygen atoms in total. The van der Waals surface area contributed by atoms with Crippen molar-refractivity contribution in [3.05, 3.63) is 104 Å². The van der Waals surface area contributed by atoms with Crippen molar-refractivity contribution in [3.8, 4) is 11.5 Å². The predicted octanol–water partition coefficient (Wildman–Crippen LogP) is 5.35. The molecule has 0 aliphatic carbocycles. The summed E-state index contributed by atoms with van der Waals surface area (Å²) in [5, 5.41) is 0. The third-order valence-corrected chi connectivity index (χ3v) is 6.15. The molecule has 150 valence electrons. The first-order chi connectivity index (χ1) is 14.6. The van der Waals surface area contributed by atoms with Gasteiger partial charge in [0.1, 0.15) is 11.5 Å². The maximum Gasteiger partial charge on any atom is 0.335 e. The summed E-state index contributed by atoms with van der Waals surface area (Å²) in [6, 6.07) is 25.1. The van der Waals surface area contributed by atoms with E-state index in [1.165, 1.54) is 12.1 Å². The number of hydrogen-bond acceptors (Lipinski definition) is 4. The van der Waals surface area contributed by atoms with E-state index in [1.54, 1.807) is 25.1 Å². The molecule has 0 aliphatic rings. The first kappa shape index (κ1) is 21.1. The van der Waals surface area contributed by atoms with Crippen LogP contribution in [0.25, 0.3) is 0 Å². The van der Waals surface area contributed by atoms with Crippen molar-refractivity contribution in [3.63, 3.8) is 0 Å². The minimum atomic E-state index is -0.586. The number of carbonyl (C=O) groups excluding carboxylic acids is 2. The number of benzene rings is 3. The molecule has 0 saturated carbocycles. The summed E-state index contributed by atoms with van der Waals surface area (Å²) in [5.74, 6) is -0.510. The van der Waals surface area contributed by atoms with Crippen LogP contribution in [0.4, 0.5) is 0 Å². The van der Waals surface area contributed by atoms with Gasteiger partial charge in [-0.1, -0.05) is 49.1 Å². The first-order valence-electron chi connectivity index (χ1n) is 9.29. The molecule has 0 spiro atoms. The average molecular weight is 418 g/mol. The van der Waals surface area contributed by atoms with Gasteiger partial charge in [-0.2, -0.15) is 0 Å². The van der Waals surface area contributed by atoms with Gasteiger partial charge in [0.25, 0.3) is 0 Å². The Morgan fingerprint density at radius 2 is 1.27 bits per heavy atom. The summed E-state index contributed by atoms with van der Waals surface area (Å²) in [4.78, 5) is 26.8. The van der Waals surface area contributed by atoms with Crippen LogP contribution >= 0.6 is 0 Å². The van der Waals surface area contributed by atoms with E-state index in [2.05, 4.69) is 6.58 Å². The molecule has 0 heterocycles. The van der Waals surface area contributed by atoms with Crippen molar-refractivity contribution >= 4 is 22.8 Å². The summed E-state index contributed by atoms with van der Waals surface area (Å²) < 4.78 is 10.8. The van der Waals surface area contributed by atoms with Gasteiger partial charge in [-0.3, -0.25) is 0 Å². The maximum atomic E-state index is 12.0. The standard InChI is InChI=1S/C25H21O4S/c1-3-11-25(27)29-20-16-19(28-24(26)4-2)17-23(18-20)30(21-12-7-5-8-13-21)22-14-9-6-10-15-22/h3-18H,2H2,1H3/q+1/b11-3+. The van der Waals surface area contributed by atoms with Crippen LogP contribution in [-0.4, -0.2) is 11.9 Å². The lowest BCUT2D eigenvalue weighted by Gasteiger charge is -2.11. The summed E-state index contributed by atoms with van der Waals surface area (Å²) in [5.41, 5.74) is 0. The van der Waals surface area contributed by atoms with E-state index >= 15 is 0 Å². The van der Waals surface area contributed by atoms with E-state index in [9.17, 15) is 9.59 Å². The fraction of sp³-hybridized carbons (Fsp3) is 0.0400. The summed E-state index contributed by atoms with van der Waals surface area (Å²) in [6.07, 6.45) is 4.02. The third-order valence-electron chi connectivity index (χ3n) is 3.95. The highest BCUT2D eigenvalue weighted by Gasteiger charge is 2.30. The molecule has 0 fully saturated rings. The maximum absolute atomic E-state index is 12.0. The topological polar surface area (TPSA) is 52.6 Å². The second-order valence-corrected chi connectivity index (χ2v) is 8.15. The molecule has 3 rings (SSSR count). The Labute approximate surface area is 178 Å². The quantitative estimate of drug-likeness (QED) is 0.225. The molecule has 3 aromatic carbocycles. The van der Waals surface area contributed by atoms with Gasteiger partial charge in [0.2, 0.25) is 0 Å². The van der Waals surface area contributed by atoms with Gasteiger partial charge in [-0.15, -0.1) is 0 Å². The molecule has 0 saturated heterocycles. The molecule has 0 N–H and O–H groups in total. The zero-order valence-electron chi connectivity index (χ0n) is 16.5. The number of rotatable bonds is 7. The lowest BCUT2D eigenvalue weighted by Crippen LogP contribution is -2.09. The smallest absolute Gasteiger partial charge is 0.335 e. The van der Waals surface area contributed by atoms with Crippen molar-refractivity contribution in [2.75, 3.05) is 0 Å². The Bertz CT molecular complexity index is 1020. The van der Waals surface area contributed by atoms with E-state index in [0.717, 1.165) is 20.8 Å². The fourth-order valence-corrected chi connectivity index (χ4v) is 4.89. The molecule has 0 bridgehead atoms. The van der Waals surface area contributed by atoms with E-state index in [0.29, 0.717) is 5.75 Å². The van der Waals surface area contributed by atoms with Crippen molar-refractivity contribution in [2.24, 2.45) is 0 Å². The van der Waals surface area contributed by atoms with Gasteiger partial charge >= 0.3 is 11.9 Å². The number of hydrogen-bond donors (Lipinski definition) is 0. The highest BCUT2D eigenvalue weighted by molar-refractivity contribution is 7.97. The number of allylic oxidation sites excluding steroid dienone is 1. The van der Waals surface area contributed by atoms with Crippen LogP contribution in [0.15, 0.2) is 118 Å². The molecule has 0 aliphatic heterocycles. The fourth-order valence-electron chi connectivity index (χ4n) is 2.75. The van der Waals surface area contributed by atoms with E-state index in [1.807, 2.05) is 60.7 Å². The highest BCUT2D eigenvalue weighted by Crippen LogP contribution is 2.35. The third kappa shape index (κ3) is 5.49. The molecule has 0 atom stereocenters. The lowest BCUT2D eigenvalue weighted by atomic mass is 10.3. The van der Waals surface area contributed by atoms with Gasteiger partial charge in [0.15, 0.2) is 14.7 Å². The molecule has 5 heteroatoms. The minimum Gasteiger partial charge on any atom is -0.423 e. The molecule has 30 heavy (non-hydrogen) atoms. The van der Waals surface area contributed by atoms with Crippen LogP contribution in [0.3, 0.4) is 0 Å². The zero-order valence-corrected chi connectivity index (χ0v) is 17.3. The summed E-state index contributed by atoms with van der Waals surface area (Å²) in [7, 11) is -0.497. The minimum absolute atomic E-state index is 0.282. The molecule has 0 amide bonds. The van der Waals surface area contributed by atoms with Crippen molar-refractivity contribution < 1.29 is 19.1 Å². The second-order valence-electron chi connectivity index (χ2n) is 6.12. The lowest BCUT2D eigenvalue weighted by molar-refractivity contribution is -0.129. The van der Waals surface area contributed by atoms with E-state index in [-0.39, 0.29) is 5.75 Å². The Morgan fingerprint density at radius 1 is 0.767 bits per heavy atom. The van der Waals surface area contributed by atoms with Crippen LogP contribution < -0.4 is 9.47 Å². The molecular weight excluding hydrogens is 396 g/mol. The Morgan fingerprint density at radius 3 is 1.73 bits per heavy atom. The van der Waals surface area contributed by atoms with Crippen LogP contribution in [-0.2, 0) is 20.5 Å². The summed E-state index contributed by atoms with van der Waals surface area (Å²) >= 11 is 0. The van der Waals surface area contributed by atoms with Crippen LogP contribution in [0.2, 0.25) is 0 Å². The monoisotopic (exact) mass is 417 g/mol. The van der Waals surface area contributed by atoms with E-state index in [4.69, 9.17) is 9.47 Å². The predicted molar refractivity (Wildman–Crippen MR) is 118 cm³/mol. The number of ether oxygens (including phenoxy) is 2. The van der Waals surface area contributed by atoms with Crippen molar-refractivity contribution in [2.45, 2.75) is 21.6 Å². The molecule has 3 aromatic rings. The van der Waals surface area contributed by atoms with Gasteiger partial charge in [0.05, 0.1) is 10.9 Å². The Balaban J connectivity index is 2.13. The average Bonchev–Trinajstić information content (AvgIpc) is 2.75. The van der Waals surface area contributed by atoms with Crippen molar-refractivity contribution in [1.82, 2.24) is 0 Å². The molecule has 0 aromatic heterocycles. The largest absolute Gasteiger partial charge is 0.423 e. The van der Waals surface area contributed by atoms with Crippen molar-refractivity contribution in [1.29, 1.82) is 0 Å². The van der Waals surface area contributed by atoms with Crippen LogP contribution in [0.5, 0.6) is 11.5 Å². The molecular formula is C25H21O4S+. The van der Waals surface area contributed by atoms with Gasteiger partial charge in [-0.05, 0) is 31.2 Å². The second kappa shape index (κ2) is 10.3. The van der Waals surface area contributed by atoms with E-state index < -0.39 is 22.8 Å². The number of carbonyl (C=O) groups is 2. The summed E-state index contributed by atoms with van der Waals surface area (Å²) in [6.45, 7) is 5.17. The Kier molecular flexibility index (Phi) is 7.24. The van der Waals surface area contributed by atoms with Gasteiger partial charge < -0.3 is 9.47 Å². The Hall–Kier alpha value is -3.57. The van der Waals surface area contributed by atoms with Gasteiger partial charge in [0, 0.05) is 30.4 Å². The first-order valence-corrected chi connectivity index (χ1v) is 10.5. The van der Waals surface area contributed by atoms with Gasteiger partial charge in [-0.25, -0.2) is 9.59 Å². The zero-order chi connectivity index (χ0) is 21.3. The van der Waals surface area contributed by atoms with Crippen LogP contribution in [0, 0.1) is 0 Å². The highest BCUT2D eigenvalue weighted by atomic mass is 32.2.